The van der Waals surface area contributed by atoms with E-state index in [1.54, 1.807) is 0 Å². The lowest BCUT2D eigenvalue weighted by atomic mass is 9.57. The zero-order valence-electron chi connectivity index (χ0n) is 15.5. The van der Waals surface area contributed by atoms with E-state index in [0.717, 1.165) is 45.4 Å². The molecule has 0 amide bonds. The third kappa shape index (κ3) is 2.64. The average Bonchev–Trinajstić information content (AvgIpc) is 3.18. The Morgan fingerprint density at radius 2 is 2.00 bits per heavy atom. The van der Waals surface area contributed by atoms with Gasteiger partial charge in [0, 0.05) is 56.8 Å². The Kier molecular flexibility index (Phi) is 4.28. The summed E-state index contributed by atoms with van der Waals surface area (Å²) in [5, 5.41) is 3.84. The maximum Gasteiger partial charge on any atom is 0.194 e. The number of rotatable bonds is 2. The fourth-order valence-corrected chi connectivity index (χ4v) is 5.47. The molecule has 3 atom stereocenters. The van der Waals surface area contributed by atoms with Crippen molar-refractivity contribution >= 4 is 5.96 Å². The Bertz CT molecular complexity index is 499. The highest BCUT2D eigenvalue weighted by Crippen LogP contribution is 2.52. The quantitative estimate of drug-likeness (QED) is 0.621. The lowest BCUT2D eigenvalue weighted by molar-refractivity contribution is -0.107. The van der Waals surface area contributed by atoms with Gasteiger partial charge in [0.25, 0.3) is 0 Å². The highest BCUT2D eigenvalue weighted by molar-refractivity contribution is 5.81. The van der Waals surface area contributed by atoms with Crippen LogP contribution in [0.15, 0.2) is 4.99 Å². The van der Waals surface area contributed by atoms with Crippen LogP contribution in [0.5, 0.6) is 0 Å². The normalized spacial score (nSPS) is 37.4. The predicted molar refractivity (Wildman–Crippen MR) is 95.2 cm³/mol. The van der Waals surface area contributed by atoms with Crippen molar-refractivity contribution in [2.75, 3.05) is 39.5 Å². The number of likely N-dealkylation sites (tertiary alicyclic amines) is 1. The van der Waals surface area contributed by atoms with Crippen LogP contribution in [0.1, 0.15) is 46.5 Å². The molecule has 1 spiro atoms. The van der Waals surface area contributed by atoms with Crippen molar-refractivity contribution in [3.8, 4) is 0 Å². The minimum absolute atomic E-state index is 0.200. The van der Waals surface area contributed by atoms with Crippen LogP contribution >= 0.6 is 0 Å². The van der Waals surface area contributed by atoms with Gasteiger partial charge in [-0.05, 0) is 38.0 Å². The number of nitrogens with one attached hydrogen (secondary N) is 1. The number of aliphatic imine (C=N–C) groups is 1. The molecule has 3 unspecified atom stereocenters. The summed E-state index contributed by atoms with van der Waals surface area (Å²) in [5.41, 5.74) is 0.661. The van der Waals surface area contributed by atoms with E-state index in [2.05, 4.69) is 31.0 Å². The molecule has 0 radical (unpaired) electrons. The molecule has 1 aliphatic carbocycles. The standard InChI is InChI=1S/C19H33N3O2/c1-4-20-17(21-15-14-5-10-24-16(14)18(15,2)3)22-9-6-19(13-22)7-11-23-12-8-19/h14-16H,4-13H2,1-3H3,(H,20,21). The van der Waals surface area contributed by atoms with Crippen LogP contribution in [-0.4, -0.2) is 62.5 Å². The molecule has 3 aliphatic heterocycles. The van der Waals surface area contributed by atoms with Gasteiger partial charge in [0.15, 0.2) is 5.96 Å². The summed E-state index contributed by atoms with van der Waals surface area (Å²) in [5.74, 6) is 1.78. The molecule has 5 nitrogen and oxygen atoms in total. The van der Waals surface area contributed by atoms with E-state index >= 15 is 0 Å². The molecule has 5 heteroatoms. The van der Waals surface area contributed by atoms with Gasteiger partial charge in [0.1, 0.15) is 0 Å². The molecule has 0 bridgehead atoms. The van der Waals surface area contributed by atoms with Gasteiger partial charge < -0.3 is 19.7 Å². The molecule has 0 aromatic carbocycles. The lowest BCUT2D eigenvalue weighted by Gasteiger charge is -2.55. The fraction of sp³-hybridized carbons (Fsp3) is 0.947. The van der Waals surface area contributed by atoms with Crippen LogP contribution in [0.4, 0.5) is 0 Å². The van der Waals surface area contributed by atoms with Crippen LogP contribution < -0.4 is 5.32 Å². The molecule has 1 N–H and O–H groups in total. The van der Waals surface area contributed by atoms with Crippen LogP contribution in [0, 0.1) is 16.7 Å². The number of hydrogen-bond acceptors (Lipinski definition) is 3. The number of ether oxygens (including phenoxy) is 2. The van der Waals surface area contributed by atoms with E-state index in [1.807, 2.05) is 0 Å². The number of hydrogen-bond donors (Lipinski definition) is 1. The monoisotopic (exact) mass is 335 g/mol. The van der Waals surface area contributed by atoms with Gasteiger partial charge >= 0.3 is 0 Å². The third-order valence-electron chi connectivity index (χ3n) is 6.98. The van der Waals surface area contributed by atoms with Gasteiger partial charge in [-0.3, -0.25) is 4.99 Å². The first-order valence-corrected chi connectivity index (χ1v) is 9.81. The maximum atomic E-state index is 5.95. The Hall–Kier alpha value is -0.810. The predicted octanol–water partition coefficient (Wildman–Crippen LogP) is 2.27. The second kappa shape index (κ2) is 6.17. The van der Waals surface area contributed by atoms with Gasteiger partial charge in [-0.25, -0.2) is 0 Å². The summed E-state index contributed by atoms with van der Waals surface area (Å²) in [6.07, 6.45) is 5.31. The second-order valence-corrected chi connectivity index (χ2v) is 8.77. The third-order valence-corrected chi connectivity index (χ3v) is 6.98. The Balaban J connectivity index is 1.45. The van der Waals surface area contributed by atoms with Crippen molar-refractivity contribution in [3.05, 3.63) is 0 Å². The zero-order chi connectivity index (χ0) is 16.8. The molecule has 0 aromatic rings. The highest BCUT2D eigenvalue weighted by atomic mass is 16.5. The van der Waals surface area contributed by atoms with Crippen molar-refractivity contribution in [1.82, 2.24) is 10.2 Å². The number of guanidine groups is 1. The van der Waals surface area contributed by atoms with Gasteiger partial charge in [0.05, 0.1) is 6.10 Å². The summed E-state index contributed by atoms with van der Waals surface area (Å²) in [7, 11) is 0. The first-order valence-electron chi connectivity index (χ1n) is 9.81. The minimum atomic E-state index is 0.200. The molecule has 136 valence electrons. The summed E-state index contributed by atoms with van der Waals surface area (Å²) in [4.78, 5) is 7.35. The topological polar surface area (TPSA) is 46.1 Å². The molecule has 3 saturated heterocycles. The van der Waals surface area contributed by atoms with Gasteiger partial charge in [-0.1, -0.05) is 13.8 Å². The van der Waals surface area contributed by atoms with Crippen LogP contribution in [0.2, 0.25) is 0 Å². The highest BCUT2D eigenvalue weighted by Gasteiger charge is 2.60. The van der Waals surface area contributed by atoms with Gasteiger partial charge in [-0.15, -0.1) is 0 Å². The molecule has 1 saturated carbocycles. The van der Waals surface area contributed by atoms with E-state index in [4.69, 9.17) is 14.5 Å². The Morgan fingerprint density at radius 3 is 2.75 bits per heavy atom. The van der Waals surface area contributed by atoms with Crippen molar-refractivity contribution < 1.29 is 9.47 Å². The smallest absolute Gasteiger partial charge is 0.194 e. The first-order chi connectivity index (χ1) is 11.6. The van der Waals surface area contributed by atoms with Crippen molar-refractivity contribution in [1.29, 1.82) is 0 Å². The Morgan fingerprint density at radius 1 is 1.21 bits per heavy atom. The Labute approximate surface area is 146 Å². The molecule has 0 aromatic heterocycles. The summed E-state index contributed by atoms with van der Waals surface area (Å²) in [6.45, 7) is 12.7. The van der Waals surface area contributed by atoms with Gasteiger partial charge in [0.2, 0.25) is 0 Å². The van der Waals surface area contributed by atoms with Crippen molar-refractivity contribution in [2.24, 2.45) is 21.7 Å². The van der Waals surface area contributed by atoms with Gasteiger partial charge in [-0.2, -0.15) is 0 Å². The van der Waals surface area contributed by atoms with E-state index < -0.39 is 0 Å². The molecular weight excluding hydrogens is 302 g/mol. The maximum absolute atomic E-state index is 5.95. The molecule has 4 aliphatic rings. The number of fused-ring (bicyclic) bond motifs is 1. The van der Waals surface area contributed by atoms with Crippen LogP contribution in [0.3, 0.4) is 0 Å². The first kappa shape index (κ1) is 16.6. The van der Waals surface area contributed by atoms with E-state index in [9.17, 15) is 0 Å². The summed E-state index contributed by atoms with van der Waals surface area (Å²) in [6, 6.07) is 0.488. The van der Waals surface area contributed by atoms with Crippen LogP contribution in [0.25, 0.3) is 0 Å². The molecule has 3 heterocycles. The lowest BCUT2D eigenvalue weighted by Crippen LogP contribution is -2.68. The SMILES string of the molecule is CCN=C(NC1C2CCOC2C1(C)C)N1CCC2(CCOCC2)C1. The second-order valence-electron chi connectivity index (χ2n) is 8.77. The summed E-state index contributed by atoms with van der Waals surface area (Å²) < 4.78 is 11.5. The van der Waals surface area contributed by atoms with Crippen molar-refractivity contribution in [2.45, 2.75) is 58.6 Å². The van der Waals surface area contributed by atoms with E-state index in [0.29, 0.717) is 23.5 Å². The fourth-order valence-electron chi connectivity index (χ4n) is 5.47. The average molecular weight is 335 g/mol. The van der Waals surface area contributed by atoms with Crippen LogP contribution in [-0.2, 0) is 9.47 Å². The van der Waals surface area contributed by atoms with E-state index in [1.165, 1.54) is 25.7 Å². The molecule has 24 heavy (non-hydrogen) atoms. The zero-order valence-corrected chi connectivity index (χ0v) is 15.5. The number of nitrogens with zero attached hydrogens (tertiary/aromatic N) is 2. The van der Waals surface area contributed by atoms with Crippen molar-refractivity contribution in [3.63, 3.8) is 0 Å². The molecular formula is C19H33N3O2. The largest absolute Gasteiger partial charge is 0.381 e. The minimum Gasteiger partial charge on any atom is -0.381 e. The summed E-state index contributed by atoms with van der Waals surface area (Å²) >= 11 is 0. The molecule has 4 rings (SSSR count). The molecule has 4 fully saturated rings. The van der Waals surface area contributed by atoms with E-state index in [-0.39, 0.29) is 5.41 Å².